The van der Waals surface area contributed by atoms with Crippen LogP contribution in [0.4, 0.5) is 0 Å². The maximum absolute atomic E-state index is 12.9. The maximum atomic E-state index is 12.9. The van der Waals surface area contributed by atoms with Crippen LogP contribution in [0.5, 0.6) is 0 Å². The van der Waals surface area contributed by atoms with Gasteiger partial charge in [-0.2, -0.15) is 11.8 Å². The van der Waals surface area contributed by atoms with Crippen molar-refractivity contribution in [1.82, 2.24) is 4.90 Å². The molecule has 0 spiro atoms. The number of hydrogen-bond acceptors (Lipinski definition) is 4. The molecule has 19 heavy (non-hydrogen) atoms. The molecule has 2 N–H and O–H groups in total. The molecular formula is C14H24N2O2S. The van der Waals surface area contributed by atoms with Gasteiger partial charge in [-0.1, -0.05) is 13.8 Å². The highest BCUT2D eigenvalue weighted by molar-refractivity contribution is 7.99. The summed E-state index contributed by atoms with van der Waals surface area (Å²) < 4.78 is 5.77. The summed E-state index contributed by atoms with van der Waals surface area (Å²) in [6.07, 6.45) is 2.18. The van der Waals surface area contributed by atoms with E-state index in [4.69, 9.17) is 10.5 Å². The zero-order valence-electron chi connectivity index (χ0n) is 11.9. The van der Waals surface area contributed by atoms with Gasteiger partial charge in [-0.05, 0) is 18.6 Å². The SMILES string of the molecule is CC1(C)C2OCCC2C1(N)C(=O)N1CCCSCC1. The van der Waals surface area contributed by atoms with E-state index in [1.54, 1.807) is 0 Å². The van der Waals surface area contributed by atoms with E-state index in [2.05, 4.69) is 13.8 Å². The van der Waals surface area contributed by atoms with Crippen LogP contribution >= 0.6 is 11.8 Å². The number of carbonyl (C=O) groups is 1. The van der Waals surface area contributed by atoms with Crippen molar-refractivity contribution < 1.29 is 9.53 Å². The third kappa shape index (κ3) is 1.78. The minimum absolute atomic E-state index is 0.159. The Balaban J connectivity index is 1.81. The summed E-state index contributed by atoms with van der Waals surface area (Å²) in [5.41, 5.74) is 5.65. The molecule has 4 nitrogen and oxygen atoms in total. The van der Waals surface area contributed by atoms with Gasteiger partial charge in [0.15, 0.2) is 0 Å². The van der Waals surface area contributed by atoms with Gasteiger partial charge in [-0.15, -0.1) is 0 Å². The van der Waals surface area contributed by atoms with Gasteiger partial charge >= 0.3 is 0 Å². The highest BCUT2D eigenvalue weighted by Gasteiger charge is 2.71. The molecule has 0 aromatic rings. The van der Waals surface area contributed by atoms with Crippen molar-refractivity contribution in [2.45, 2.75) is 38.3 Å². The summed E-state index contributed by atoms with van der Waals surface area (Å²) in [6.45, 7) is 6.63. The minimum Gasteiger partial charge on any atom is -0.377 e. The molecule has 108 valence electrons. The van der Waals surface area contributed by atoms with Crippen LogP contribution in [0, 0.1) is 11.3 Å². The molecule has 2 aliphatic heterocycles. The quantitative estimate of drug-likeness (QED) is 0.783. The number of amides is 1. The summed E-state index contributed by atoms with van der Waals surface area (Å²) in [5.74, 6) is 2.56. The average molecular weight is 284 g/mol. The lowest BCUT2D eigenvalue weighted by Crippen LogP contribution is -2.80. The molecule has 3 atom stereocenters. The van der Waals surface area contributed by atoms with Crippen molar-refractivity contribution in [2.24, 2.45) is 17.1 Å². The summed E-state index contributed by atoms with van der Waals surface area (Å²) in [5, 5.41) is 0. The van der Waals surface area contributed by atoms with Crippen molar-refractivity contribution in [1.29, 1.82) is 0 Å². The largest absolute Gasteiger partial charge is 0.377 e. The molecule has 3 aliphatic rings. The summed E-state index contributed by atoms with van der Waals surface area (Å²) in [4.78, 5) is 14.9. The van der Waals surface area contributed by atoms with Crippen LogP contribution in [0.3, 0.4) is 0 Å². The molecule has 0 radical (unpaired) electrons. The predicted octanol–water partition coefficient (Wildman–Crippen LogP) is 1.09. The Bertz CT molecular complexity index is 380. The standard InChI is InChI=1S/C14H24N2O2S/c1-13(2)11-10(4-7-18-11)14(13,15)12(17)16-5-3-8-19-9-6-16/h10-11H,3-9,15H2,1-2H3. The van der Waals surface area contributed by atoms with E-state index in [1.807, 2.05) is 16.7 Å². The average Bonchev–Trinajstić information content (AvgIpc) is 2.71. The van der Waals surface area contributed by atoms with E-state index in [1.165, 1.54) is 0 Å². The van der Waals surface area contributed by atoms with Crippen LogP contribution in [0.25, 0.3) is 0 Å². The van der Waals surface area contributed by atoms with Gasteiger partial charge in [-0.3, -0.25) is 4.79 Å². The number of hydrogen-bond donors (Lipinski definition) is 1. The number of thioether (sulfide) groups is 1. The van der Waals surface area contributed by atoms with Crippen molar-refractivity contribution in [2.75, 3.05) is 31.2 Å². The molecule has 1 amide bonds. The number of rotatable bonds is 1. The van der Waals surface area contributed by atoms with E-state index in [9.17, 15) is 4.79 Å². The van der Waals surface area contributed by atoms with Crippen molar-refractivity contribution in [3.63, 3.8) is 0 Å². The lowest BCUT2D eigenvalue weighted by molar-refractivity contribution is -0.184. The Morgan fingerprint density at radius 3 is 2.95 bits per heavy atom. The molecule has 3 fully saturated rings. The van der Waals surface area contributed by atoms with Gasteiger partial charge in [0.1, 0.15) is 5.54 Å². The zero-order chi connectivity index (χ0) is 13.7. The van der Waals surface area contributed by atoms with E-state index in [0.717, 1.165) is 44.0 Å². The monoisotopic (exact) mass is 284 g/mol. The molecule has 3 unspecified atom stereocenters. The van der Waals surface area contributed by atoms with Gasteiger partial charge in [0.25, 0.3) is 0 Å². The van der Waals surface area contributed by atoms with Gasteiger partial charge in [0.05, 0.1) is 6.10 Å². The highest BCUT2D eigenvalue weighted by Crippen LogP contribution is 2.58. The Morgan fingerprint density at radius 2 is 2.16 bits per heavy atom. The van der Waals surface area contributed by atoms with Crippen LogP contribution in [-0.4, -0.2) is 53.7 Å². The first-order valence-corrected chi connectivity index (χ1v) is 8.42. The number of ether oxygens (including phenoxy) is 1. The molecule has 5 heteroatoms. The van der Waals surface area contributed by atoms with Crippen LogP contribution < -0.4 is 5.73 Å². The summed E-state index contributed by atoms with van der Waals surface area (Å²) >= 11 is 1.93. The fraction of sp³-hybridized carbons (Fsp3) is 0.929. The first-order valence-electron chi connectivity index (χ1n) is 7.27. The lowest BCUT2D eigenvalue weighted by atomic mass is 9.47. The fourth-order valence-corrected chi connectivity index (χ4v) is 4.92. The van der Waals surface area contributed by atoms with Gasteiger partial charge in [-0.25, -0.2) is 0 Å². The molecule has 0 aromatic carbocycles. The molecule has 2 saturated heterocycles. The Kier molecular flexibility index (Phi) is 3.35. The number of nitrogens with two attached hydrogens (primary N) is 1. The van der Waals surface area contributed by atoms with Crippen molar-refractivity contribution >= 4 is 17.7 Å². The third-order valence-corrected chi connectivity index (χ3v) is 6.37. The van der Waals surface area contributed by atoms with Crippen molar-refractivity contribution in [3.05, 3.63) is 0 Å². The topological polar surface area (TPSA) is 55.6 Å². The van der Waals surface area contributed by atoms with Crippen LogP contribution in [0.2, 0.25) is 0 Å². The van der Waals surface area contributed by atoms with Crippen LogP contribution in [-0.2, 0) is 9.53 Å². The molecule has 3 rings (SSSR count). The van der Waals surface area contributed by atoms with Gasteiger partial charge < -0.3 is 15.4 Å². The van der Waals surface area contributed by atoms with E-state index >= 15 is 0 Å². The second kappa shape index (κ2) is 4.64. The van der Waals surface area contributed by atoms with Gasteiger partial charge in [0, 0.05) is 36.8 Å². The highest BCUT2D eigenvalue weighted by atomic mass is 32.2. The fourth-order valence-electron chi connectivity index (χ4n) is 4.03. The number of fused-ring (bicyclic) bond motifs is 1. The predicted molar refractivity (Wildman–Crippen MR) is 77.1 cm³/mol. The third-order valence-electron chi connectivity index (χ3n) is 5.32. The van der Waals surface area contributed by atoms with E-state index < -0.39 is 5.54 Å². The minimum atomic E-state index is -0.719. The molecule has 0 bridgehead atoms. The van der Waals surface area contributed by atoms with Crippen LogP contribution in [0.1, 0.15) is 26.7 Å². The van der Waals surface area contributed by atoms with E-state index in [0.29, 0.717) is 0 Å². The Morgan fingerprint density at radius 1 is 1.37 bits per heavy atom. The Labute approximate surface area is 119 Å². The molecule has 1 aliphatic carbocycles. The summed E-state index contributed by atoms with van der Waals surface area (Å²) in [6, 6.07) is 0. The number of carbonyl (C=O) groups excluding carboxylic acids is 1. The van der Waals surface area contributed by atoms with E-state index in [-0.39, 0.29) is 23.3 Å². The molecule has 2 heterocycles. The first kappa shape index (κ1) is 13.7. The zero-order valence-corrected chi connectivity index (χ0v) is 12.7. The second-order valence-electron chi connectivity index (χ2n) is 6.54. The molecule has 1 saturated carbocycles. The van der Waals surface area contributed by atoms with Crippen molar-refractivity contribution in [3.8, 4) is 0 Å². The molecular weight excluding hydrogens is 260 g/mol. The van der Waals surface area contributed by atoms with Crippen LogP contribution in [0.15, 0.2) is 0 Å². The molecule has 0 aromatic heterocycles. The normalized spacial score (nSPS) is 41.3. The summed E-state index contributed by atoms with van der Waals surface area (Å²) in [7, 11) is 0. The Hall–Kier alpha value is -0.260. The maximum Gasteiger partial charge on any atom is 0.243 e. The lowest BCUT2D eigenvalue weighted by Gasteiger charge is -2.61. The second-order valence-corrected chi connectivity index (χ2v) is 7.76. The van der Waals surface area contributed by atoms with Gasteiger partial charge in [0.2, 0.25) is 5.91 Å². The first-order chi connectivity index (χ1) is 8.99. The number of nitrogens with zero attached hydrogens (tertiary/aromatic N) is 1. The smallest absolute Gasteiger partial charge is 0.243 e.